The third kappa shape index (κ3) is 4.55. The molecule has 1 atom stereocenters. The van der Waals surface area contributed by atoms with Crippen LogP contribution in [0.3, 0.4) is 0 Å². The van der Waals surface area contributed by atoms with Gasteiger partial charge in [0, 0.05) is 29.0 Å². The Balaban J connectivity index is 1.21. The van der Waals surface area contributed by atoms with Crippen molar-refractivity contribution in [3.05, 3.63) is 76.0 Å². The van der Waals surface area contributed by atoms with Crippen molar-refractivity contribution in [3.8, 4) is 16.2 Å². The summed E-state index contributed by atoms with van der Waals surface area (Å²) >= 11 is 7.91. The summed E-state index contributed by atoms with van der Waals surface area (Å²) in [5.74, 6) is 0.795. The molecule has 8 heteroatoms. The van der Waals surface area contributed by atoms with Crippen molar-refractivity contribution < 1.29 is 18.7 Å². The van der Waals surface area contributed by atoms with Gasteiger partial charge >= 0.3 is 0 Å². The Morgan fingerprint density at radius 2 is 2.09 bits per heavy atom. The number of para-hydroxylation sites is 2. The second-order valence-corrected chi connectivity index (χ2v) is 9.20. The Kier molecular flexibility index (Phi) is 5.74. The molecule has 4 aromatic rings. The number of hydrogen-bond acceptors (Lipinski definition) is 6. The minimum atomic E-state index is -0.265. The minimum Gasteiger partial charge on any atom is -0.486 e. The van der Waals surface area contributed by atoms with Crippen molar-refractivity contribution in [3.63, 3.8) is 0 Å². The first-order valence-electron chi connectivity index (χ1n) is 10.4. The van der Waals surface area contributed by atoms with E-state index in [0.29, 0.717) is 40.1 Å². The molecular formula is C25H19ClN2O4S. The standard InChI is InChI=1S/C25H19ClN2O4S/c1-14(29)21-6-7-22(33-21)15-10-16-11-17(31-25(16)18(26)12-15)13-27-23(30)8-9-24-28-19-4-2-3-5-20(19)32-24/h2-10,12,17H,11,13H2,1H3,(H,27,30). The Bertz CT molecular complexity index is 1370. The van der Waals surface area contributed by atoms with Gasteiger partial charge in [-0.1, -0.05) is 23.7 Å². The van der Waals surface area contributed by atoms with Crippen LogP contribution in [0.5, 0.6) is 5.75 Å². The van der Waals surface area contributed by atoms with Crippen LogP contribution in [0, 0.1) is 0 Å². The topological polar surface area (TPSA) is 81.4 Å². The number of nitrogens with zero attached hydrogens (tertiary/aromatic N) is 1. The summed E-state index contributed by atoms with van der Waals surface area (Å²) in [6.07, 6.45) is 3.34. The molecule has 6 nitrogen and oxygen atoms in total. The summed E-state index contributed by atoms with van der Waals surface area (Å²) in [5, 5.41) is 3.36. The highest BCUT2D eigenvalue weighted by molar-refractivity contribution is 7.17. The Hall–Kier alpha value is -3.42. The maximum Gasteiger partial charge on any atom is 0.244 e. The summed E-state index contributed by atoms with van der Waals surface area (Å²) in [6, 6.07) is 15.1. The molecule has 0 saturated heterocycles. The summed E-state index contributed by atoms with van der Waals surface area (Å²) in [7, 11) is 0. The van der Waals surface area contributed by atoms with E-state index < -0.39 is 0 Å². The molecule has 0 bridgehead atoms. The average Bonchev–Trinajstić information content (AvgIpc) is 3.53. The monoisotopic (exact) mass is 478 g/mol. The number of halogens is 1. The fraction of sp³-hybridized carbons (Fsp3) is 0.160. The molecule has 1 aliphatic heterocycles. The highest BCUT2D eigenvalue weighted by atomic mass is 35.5. The lowest BCUT2D eigenvalue weighted by molar-refractivity contribution is -0.116. The molecule has 1 amide bonds. The molecule has 3 heterocycles. The maximum absolute atomic E-state index is 12.2. The number of ketones is 1. The molecule has 1 unspecified atom stereocenters. The van der Waals surface area contributed by atoms with Gasteiger partial charge in [0.1, 0.15) is 17.4 Å². The van der Waals surface area contributed by atoms with E-state index in [0.717, 1.165) is 21.5 Å². The van der Waals surface area contributed by atoms with Gasteiger partial charge in [0.05, 0.1) is 16.4 Å². The summed E-state index contributed by atoms with van der Waals surface area (Å²) in [4.78, 5) is 29.9. The predicted octanol–water partition coefficient (Wildman–Crippen LogP) is 5.55. The van der Waals surface area contributed by atoms with Crippen LogP contribution in [-0.4, -0.2) is 29.3 Å². The van der Waals surface area contributed by atoms with Gasteiger partial charge in [-0.2, -0.15) is 0 Å². The van der Waals surface area contributed by atoms with Gasteiger partial charge < -0.3 is 14.5 Å². The highest BCUT2D eigenvalue weighted by Gasteiger charge is 2.26. The molecule has 166 valence electrons. The summed E-state index contributed by atoms with van der Waals surface area (Å²) < 4.78 is 11.6. The number of Topliss-reactive ketones (excluding diaryl/α,β-unsaturated/α-hetero) is 1. The molecule has 2 aromatic carbocycles. The molecule has 0 spiro atoms. The molecular weight excluding hydrogens is 460 g/mol. The fourth-order valence-electron chi connectivity index (χ4n) is 3.71. The van der Waals surface area contributed by atoms with Gasteiger partial charge in [0.2, 0.25) is 11.8 Å². The first-order chi connectivity index (χ1) is 16.0. The number of rotatable bonds is 6. The number of amides is 1. The molecule has 0 radical (unpaired) electrons. The van der Waals surface area contributed by atoms with Crippen LogP contribution in [0.1, 0.15) is 28.0 Å². The normalized spacial score (nSPS) is 15.0. The van der Waals surface area contributed by atoms with Gasteiger partial charge in [0.25, 0.3) is 0 Å². The zero-order valence-electron chi connectivity index (χ0n) is 17.6. The minimum absolute atomic E-state index is 0.0443. The Labute approximate surface area is 198 Å². The number of aromatic nitrogens is 1. The Morgan fingerprint density at radius 1 is 1.24 bits per heavy atom. The zero-order chi connectivity index (χ0) is 22.9. The molecule has 1 aliphatic rings. The lowest BCUT2D eigenvalue weighted by Gasteiger charge is -2.11. The van der Waals surface area contributed by atoms with Crippen molar-refractivity contribution >= 4 is 51.8 Å². The number of carbonyl (C=O) groups excluding carboxylic acids is 2. The number of fused-ring (bicyclic) bond motifs is 2. The number of hydrogen-bond donors (Lipinski definition) is 1. The maximum atomic E-state index is 12.2. The number of oxazole rings is 1. The SMILES string of the molecule is CC(=O)c1ccc(-c2cc(Cl)c3c(c2)CC(CNC(=O)C=Cc2nc4ccccc4o2)O3)s1. The van der Waals surface area contributed by atoms with Crippen molar-refractivity contribution in [1.82, 2.24) is 10.3 Å². The Morgan fingerprint density at radius 3 is 2.88 bits per heavy atom. The molecule has 5 rings (SSSR count). The first-order valence-corrected chi connectivity index (χ1v) is 11.6. The van der Waals surface area contributed by atoms with Crippen molar-refractivity contribution in [2.45, 2.75) is 19.4 Å². The van der Waals surface area contributed by atoms with Crippen LogP contribution in [0.2, 0.25) is 5.02 Å². The number of thiophene rings is 1. The zero-order valence-corrected chi connectivity index (χ0v) is 19.2. The van der Waals surface area contributed by atoms with E-state index in [9.17, 15) is 9.59 Å². The van der Waals surface area contributed by atoms with Crippen LogP contribution in [0.15, 0.2) is 59.0 Å². The van der Waals surface area contributed by atoms with Crippen molar-refractivity contribution in [2.75, 3.05) is 6.54 Å². The third-order valence-electron chi connectivity index (χ3n) is 5.28. The number of ether oxygens (including phenoxy) is 1. The van der Waals surface area contributed by atoms with E-state index in [1.165, 1.54) is 17.4 Å². The van der Waals surface area contributed by atoms with Gasteiger partial charge in [0.15, 0.2) is 11.4 Å². The van der Waals surface area contributed by atoms with Crippen LogP contribution in [0.25, 0.3) is 27.6 Å². The largest absolute Gasteiger partial charge is 0.486 e. The number of benzene rings is 2. The van der Waals surface area contributed by atoms with E-state index in [1.54, 1.807) is 13.0 Å². The highest BCUT2D eigenvalue weighted by Crippen LogP contribution is 2.41. The predicted molar refractivity (Wildman–Crippen MR) is 129 cm³/mol. The van der Waals surface area contributed by atoms with Gasteiger partial charge in [-0.15, -0.1) is 11.3 Å². The molecule has 0 saturated carbocycles. The van der Waals surface area contributed by atoms with E-state index >= 15 is 0 Å². The van der Waals surface area contributed by atoms with Gasteiger partial charge in [-0.05, 0) is 48.9 Å². The third-order valence-corrected chi connectivity index (χ3v) is 6.80. The lowest BCUT2D eigenvalue weighted by atomic mass is 10.1. The van der Waals surface area contributed by atoms with Crippen molar-refractivity contribution in [2.24, 2.45) is 0 Å². The summed E-state index contributed by atoms with van der Waals surface area (Å²) in [5.41, 5.74) is 3.35. The molecule has 1 N–H and O–H groups in total. The van der Waals surface area contributed by atoms with Crippen LogP contribution < -0.4 is 10.1 Å². The second-order valence-electron chi connectivity index (χ2n) is 7.71. The van der Waals surface area contributed by atoms with Gasteiger partial charge in [-0.25, -0.2) is 4.98 Å². The number of nitrogens with one attached hydrogen (secondary N) is 1. The molecule has 0 fully saturated rings. The fourth-order valence-corrected chi connectivity index (χ4v) is 4.88. The van der Waals surface area contributed by atoms with Crippen molar-refractivity contribution in [1.29, 1.82) is 0 Å². The first kappa shape index (κ1) is 21.4. The molecule has 0 aliphatic carbocycles. The van der Waals surface area contributed by atoms with E-state index in [1.807, 2.05) is 48.5 Å². The van der Waals surface area contributed by atoms with Crippen LogP contribution in [-0.2, 0) is 11.2 Å². The van der Waals surface area contributed by atoms with E-state index in [2.05, 4.69) is 10.3 Å². The summed E-state index contributed by atoms with van der Waals surface area (Å²) in [6.45, 7) is 1.89. The smallest absolute Gasteiger partial charge is 0.244 e. The van der Waals surface area contributed by atoms with Crippen LogP contribution >= 0.6 is 22.9 Å². The lowest BCUT2D eigenvalue weighted by Crippen LogP contribution is -2.33. The van der Waals surface area contributed by atoms with Gasteiger partial charge in [-0.3, -0.25) is 9.59 Å². The molecule has 2 aromatic heterocycles. The molecule has 33 heavy (non-hydrogen) atoms. The van der Waals surface area contributed by atoms with E-state index in [-0.39, 0.29) is 17.8 Å². The average molecular weight is 479 g/mol. The van der Waals surface area contributed by atoms with Crippen LogP contribution in [0.4, 0.5) is 0 Å². The number of carbonyl (C=O) groups is 2. The quantitative estimate of drug-likeness (QED) is 0.290. The second kappa shape index (κ2) is 8.84. The van der Waals surface area contributed by atoms with E-state index in [4.69, 9.17) is 20.8 Å².